The molecule has 2 aliphatic rings. The van der Waals surface area contributed by atoms with E-state index in [9.17, 15) is 9.59 Å². The van der Waals surface area contributed by atoms with Crippen molar-refractivity contribution in [3.63, 3.8) is 0 Å². The first-order valence-corrected chi connectivity index (χ1v) is 7.78. The van der Waals surface area contributed by atoms with Crippen LogP contribution < -0.4 is 16.0 Å². The lowest BCUT2D eigenvalue weighted by Gasteiger charge is -2.29. The molecule has 0 spiro atoms. The maximum atomic E-state index is 12.1. The average molecular weight is 294 g/mol. The zero-order valence-corrected chi connectivity index (χ0v) is 12.1. The molecule has 0 aliphatic carbocycles. The first kappa shape index (κ1) is 13.5. The van der Waals surface area contributed by atoms with E-state index in [1.54, 1.807) is 5.38 Å². The molecule has 0 aromatic carbocycles. The number of rotatable bonds is 3. The summed E-state index contributed by atoms with van der Waals surface area (Å²) in [5, 5.41) is 11.3. The summed E-state index contributed by atoms with van der Waals surface area (Å²) in [6.45, 7) is 1.42. The average Bonchev–Trinajstić information content (AvgIpc) is 2.96. The summed E-state index contributed by atoms with van der Waals surface area (Å²) in [5.74, 6) is -0.328. The molecule has 2 amide bonds. The van der Waals surface area contributed by atoms with Crippen LogP contribution in [0.5, 0.6) is 0 Å². The summed E-state index contributed by atoms with van der Waals surface area (Å²) in [6.07, 6.45) is 4.40. The SMILES string of the molecule is CC(=O)Nc1nc(C(=O)NC2CC3CCC(C2)N3)cs1. The molecule has 3 heterocycles. The molecule has 3 N–H and O–H groups in total. The first-order valence-electron chi connectivity index (χ1n) is 6.90. The molecule has 1 aromatic heterocycles. The highest BCUT2D eigenvalue weighted by atomic mass is 32.1. The highest BCUT2D eigenvalue weighted by Gasteiger charge is 2.34. The van der Waals surface area contributed by atoms with Gasteiger partial charge in [-0.05, 0) is 25.7 Å². The number of nitrogens with one attached hydrogen (secondary N) is 3. The molecule has 6 nitrogen and oxygen atoms in total. The van der Waals surface area contributed by atoms with Crippen molar-refractivity contribution in [1.82, 2.24) is 15.6 Å². The number of hydrogen-bond donors (Lipinski definition) is 3. The predicted octanol–water partition coefficient (Wildman–Crippen LogP) is 1.11. The molecule has 1 aromatic rings. The van der Waals surface area contributed by atoms with Gasteiger partial charge in [0.2, 0.25) is 5.91 Å². The number of piperidine rings is 1. The van der Waals surface area contributed by atoms with Crippen LogP contribution in [0.15, 0.2) is 5.38 Å². The van der Waals surface area contributed by atoms with E-state index in [2.05, 4.69) is 20.9 Å². The highest BCUT2D eigenvalue weighted by Crippen LogP contribution is 2.27. The molecular weight excluding hydrogens is 276 g/mol. The van der Waals surface area contributed by atoms with Crippen LogP contribution in [-0.4, -0.2) is 34.9 Å². The maximum absolute atomic E-state index is 12.1. The van der Waals surface area contributed by atoms with Crippen LogP contribution in [0.4, 0.5) is 5.13 Å². The molecule has 2 unspecified atom stereocenters. The summed E-state index contributed by atoms with van der Waals surface area (Å²) in [7, 11) is 0. The number of nitrogens with zero attached hydrogens (tertiary/aromatic N) is 1. The normalized spacial score (nSPS) is 28.1. The number of fused-ring (bicyclic) bond motifs is 2. The van der Waals surface area contributed by atoms with Crippen molar-refractivity contribution < 1.29 is 9.59 Å². The second-order valence-corrected chi connectivity index (χ2v) is 6.36. The molecule has 2 saturated heterocycles. The second-order valence-electron chi connectivity index (χ2n) is 5.50. The van der Waals surface area contributed by atoms with Crippen molar-refractivity contribution >= 4 is 28.3 Å². The topological polar surface area (TPSA) is 83.1 Å². The Hall–Kier alpha value is -1.47. The van der Waals surface area contributed by atoms with E-state index < -0.39 is 0 Å². The van der Waals surface area contributed by atoms with Crippen LogP contribution in [-0.2, 0) is 4.79 Å². The fourth-order valence-electron chi connectivity index (χ4n) is 3.02. The molecule has 0 saturated carbocycles. The van der Waals surface area contributed by atoms with Gasteiger partial charge < -0.3 is 16.0 Å². The third kappa shape index (κ3) is 2.99. The summed E-state index contributed by atoms with van der Waals surface area (Å²) in [4.78, 5) is 27.2. The van der Waals surface area contributed by atoms with Gasteiger partial charge in [0.25, 0.3) is 5.91 Å². The van der Waals surface area contributed by atoms with Crippen LogP contribution in [0.1, 0.15) is 43.1 Å². The van der Waals surface area contributed by atoms with Gasteiger partial charge in [-0.2, -0.15) is 0 Å². The Kier molecular flexibility index (Phi) is 3.71. The number of anilines is 1. The molecule has 2 fully saturated rings. The zero-order valence-electron chi connectivity index (χ0n) is 11.3. The monoisotopic (exact) mass is 294 g/mol. The van der Waals surface area contributed by atoms with E-state index in [-0.39, 0.29) is 17.9 Å². The lowest BCUT2D eigenvalue weighted by Crippen LogP contribution is -2.48. The van der Waals surface area contributed by atoms with Crippen molar-refractivity contribution in [1.29, 1.82) is 0 Å². The third-order valence-electron chi connectivity index (χ3n) is 3.83. The van der Waals surface area contributed by atoms with Crippen LogP contribution in [0.2, 0.25) is 0 Å². The predicted molar refractivity (Wildman–Crippen MR) is 76.9 cm³/mol. The largest absolute Gasteiger partial charge is 0.348 e. The van der Waals surface area contributed by atoms with E-state index >= 15 is 0 Å². The standard InChI is InChI=1S/C13H18N4O2S/c1-7(18)14-13-17-11(6-20-13)12(19)16-10-4-8-2-3-9(5-10)15-8/h6,8-10,15H,2-5H2,1H3,(H,16,19)(H,14,17,18). The summed E-state index contributed by atoms with van der Waals surface area (Å²) < 4.78 is 0. The number of thiazole rings is 1. The molecular formula is C13H18N4O2S. The fraction of sp³-hybridized carbons (Fsp3) is 0.615. The van der Waals surface area contributed by atoms with Crippen molar-refractivity contribution in [2.45, 2.75) is 50.7 Å². The Morgan fingerprint density at radius 1 is 1.35 bits per heavy atom. The number of hydrogen-bond acceptors (Lipinski definition) is 5. The molecule has 3 rings (SSSR count). The van der Waals surface area contributed by atoms with Gasteiger partial charge in [-0.25, -0.2) is 4.98 Å². The Bertz CT molecular complexity index is 518. The molecule has 7 heteroatoms. The smallest absolute Gasteiger partial charge is 0.271 e. The van der Waals surface area contributed by atoms with Gasteiger partial charge in [-0.15, -0.1) is 11.3 Å². The van der Waals surface area contributed by atoms with E-state index in [0.29, 0.717) is 22.9 Å². The van der Waals surface area contributed by atoms with Gasteiger partial charge in [0.1, 0.15) is 5.69 Å². The van der Waals surface area contributed by atoms with Crippen molar-refractivity contribution in [2.75, 3.05) is 5.32 Å². The van der Waals surface area contributed by atoms with Gasteiger partial charge in [-0.1, -0.05) is 0 Å². The summed E-state index contributed by atoms with van der Waals surface area (Å²) >= 11 is 1.27. The summed E-state index contributed by atoms with van der Waals surface area (Å²) in [5.41, 5.74) is 0.379. The minimum Gasteiger partial charge on any atom is -0.348 e. The van der Waals surface area contributed by atoms with Gasteiger partial charge in [0.15, 0.2) is 5.13 Å². The molecule has 2 bridgehead atoms. The van der Waals surface area contributed by atoms with E-state index in [1.807, 2.05) is 0 Å². The quantitative estimate of drug-likeness (QED) is 0.780. The third-order valence-corrected chi connectivity index (χ3v) is 4.59. The first-order chi connectivity index (χ1) is 9.60. The lowest BCUT2D eigenvalue weighted by atomic mass is 10.00. The Balaban J connectivity index is 1.58. The summed E-state index contributed by atoms with van der Waals surface area (Å²) in [6, 6.07) is 1.32. The highest BCUT2D eigenvalue weighted by molar-refractivity contribution is 7.14. The van der Waals surface area contributed by atoms with E-state index in [1.165, 1.54) is 31.1 Å². The van der Waals surface area contributed by atoms with Gasteiger partial charge >= 0.3 is 0 Å². The fourth-order valence-corrected chi connectivity index (χ4v) is 3.76. The minimum absolute atomic E-state index is 0.149. The Morgan fingerprint density at radius 2 is 2.05 bits per heavy atom. The minimum atomic E-state index is -0.179. The van der Waals surface area contributed by atoms with E-state index in [0.717, 1.165) is 12.8 Å². The molecule has 0 radical (unpaired) electrons. The van der Waals surface area contributed by atoms with E-state index in [4.69, 9.17) is 0 Å². The zero-order chi connectivity index (χ0) is 14.1. The number of carbonyl (C=O) groups is 2. The van der Waals surface area contributed by atoms with Crippen molar-refractivity contribution in [2.24, 2.45) is 0 Å². The Labute approximate surface area is 121 Å². The second kappa shape index (κ2) is 5.49. The van der Waals surface area contributed by atoms with Crippen LogP contribution in [0.25, 0.3) is 0 Å². The van der Waals surface area contributed by atoms with Crippen LogP contribution in [0.3, 0.4) is 0 Å². The number of aromatic nitrogens is 1. The lowest BCUT2D eigenvalue weighted by molar-refractivity contribution is -0.114. The van der Waals surface area contributed by atoms with Crippen LogP contribution >= 0.6 is 11.3 Å². The molecule has 20 heavy (non-hydrogen) atoms. The molecule has 108 valence electrons. The van der Waals surface area contributed by atoms with Gasteiger partial charge in [0, 0.05) is 30.4 Å². The van der Waals surface area contributed by atoms with Crippen molar-refractivity contribution in [3.05, 3.63) is 11.1 Å². The van der Waals surface area contributed by atoms with Gasteiger partial charge in [0.05, 0.1) is 0 Å². The van der Waals surface area contributed by atoms with Gasteiger partial charge in [-0.3, -0.25) is 9.59 Å². The molecule has 2 aliphatic heterocycles. The maximum Gasteiger partial charge on any atom is 0.271 e. The Morgan fingerprint density at radius 3 is 2.70 bits per heavy atom. The van der Waals surface area contributed by atoms with Crippen LogP contribution in [0, 0.1) is 0 Å². The van der Waals surface area contributed by atoms with Crippen molar-refractivity contribution in [3.8, 4) is 0 Å². The number of amides is 2. The number of carbonyl (C=O) groups excluding carboxylic acids is 2. The molecule has 2 atom stereocenters.